The Balaban J connectivity index is 1.69. The molecule has 1 heterocycles. The van der Waals surface area contributed by atoms with Crippen LogP contribution in [0.25, 0.3) is 0 Å². The van der Waals surface area contributed by atoms with Gasteiger partial charge >= 0.3 is 5.97 Å². The number of rotatable bonds is 3. The first-order valence-electron chi connectivity index (χ1n) is 6.60. The Bertz CT molecular complexity index is 673. The third-order valence-electron chi connectivity index (χ3n) is 3.54. The summed E-state index contributed by atoms with van der Waals surface area (Å²) in [6.45, 7) is 0. The quantitative estimate of drug-likeness (QED) is 0.883. The van der Waals surface area contributed by atoms with Crippen LogP contribution in [0.1, 0.15) is 21.5 Å². The molecule has 0 bridgehead atoms. The van der Waals surface area contributed by atoms with Crippen LogP contribution in [-0.4, -0.2) is 29.1 Å². The van der Waals surface area contributed by atoms with Gasteiger partial charge in [0, 0.05) is 23.5 Å². The maximum Gasteiger partial charge on any atom is 0.341 e. The number of fused-ring (bicyclic) bond motifs is 1. The lowest BCUT2D eigenvalue weighted by Crippen LogP contribution is -2.21. The van der Waals surface area contributed by atoms with E-state index in [0.717, 1.165) is 17.9 Å². The number of carbonyl (C=O) groups excluding carboxylic acids is 1. The Morgan fingerprint density at radius 1 is 1.33 bits per heavy atom. The van der Waals surface area contributed by atoms with Crippen molar-refractivity contribution in [1.82, 2.24) is 9.97 Å². The molecular weight excluding hydrogens is 290 g/mol. The number of halogens is 1. The van der Waals surface area contributed by atoms with Crippen LogP contribution in [0.2, 0.25) is 5.02 Å². The van der Waals surface area contributed by atoms with Crippen LogP contribution in [0.3, 0.4) is 0 Å². The zero-order valence-corrected chi connectivity index (χ0v) is 12.2. The van der Waals surface area contributed by atoms with Gasteiger partial charge in [-0.2, -0.15) is 0 Å². The molecule has 0 saturated heterocycles. The van der Waals surface area contributed by atoms with E-state index in [1.54, 1.807) is 0 Å². The number of benzene rings is 1. The number of anilines is 1. The first kappa shape index (κ1) is 13.8. The van der Waals surface area contributed by atoms with Crippen LogP contribution in [0.15, 0.2) is 30.6 Å². The molecular formula is C15H14ClN3O2. The predicted octanol–water partition coefficient (Wildman–Crippen LogP) is 2.50. The number of nitrogens with zero attached hydrogens (tertiary/aromatic N) is 2. The molecule has 3 rings (SSSR count). The van der Waals surface area contributed by atoms with E-state index < -0.39 is 5.97 Å². The summed E-state index contributed by atoms with van der Waals surface area (Å²) in [7, 11) is 1.33. The van der Waals surface area contributed by atoms with Gasteiger partial charge in [0.15, 0.2) is 0 Å². The summed E-state index contributed by atoms with van der Waals surface area (Å²) < 4.78 is 4.61. The number of ether oxygens (including phenoxy) is 1. The standard InChI is InChI=1S/C15H14ClN3O2/c1-21-14(20)10-7-17-15(18-8-10)19-11-5-9-3-2-4-13(16)12(9)6-11/h2-4,7-8,11H,5-6H2,1H3,(H,17,18,19). The van der Waals surface area contributed by atoms with Gasteiger partial charge in [-0.25, -0.2) is 14.8 Å². The van der Waals surface area contributed by atoms with Gasteiger partial charge in [-0.3, -0.25) is 0 Å². The number of methoxy groups -OCH3 is 1. The molecule has 1 aliphatic rings. The highest BCUT2D eigenvalue weighted by atomic mass is 35.5. The van der Waals surface area contributed by atoms with E-state index in [9.17, 15) is 4.79 Å². The van der Waals surface area contributed by atoms with Crippen molar-refractivity contribution in [3.63, 3.8) is 0 Å². The van der Waals surface area contributed by atoms with Gasteiger partial charge in [-0.05, 0) is 30.0 Å². The Hall–Kier alpha value is -2.14. The van der Waals surface area contributed by atoms with Crippen LogP contribution in [0.4, 0.5) is 5.95 Å². The van der Waals surface area contributed by atoms with Crippen molar-refractivity contribution < 1.29 is 9.53 Å². The molecule has 0 amide bonds. The number of hydrogen-bond donors (Lipinski definition) is 1. The van der Waals surface area contributed by atoms with Crippen LogP contribution >= 0.6 is 11.6 Å². The largest absolute Gasteiger partial charge is 0.465 e. The van der Waals surface area contributed by atoms with E-state index in [-0.39, 0.29) is 6.04 Å². The van der Waals surface area contributed by atoms with Crippen molar-refractivity contribution in [3.8, 4) is 0 Å². The molecule has 0 radical (unpaired) electrons. The highest BCUT2D eigenvalue weighted by molar-refractivity contribution is 6.31. The van der Waals surface area contributed by atoms with Gasteiger partial charge in [-0.1, -0.05) is 23.7 Å². The fourth-order valence-electron chi connectivity index (χ4n) is 2.52. The highest BCUT2D eigenvalue weighted by Crippen LogP contribution is 2.29. The van der Waals surface area contributed by atoms with Crippen LogP contribution in [0.5, 0.6) is 0 Å². The summed E-state index contributed by atoms with van der Waals surface area (Å²) in [5.74, 6) is 0.0539. The molecule has 1 aromatic carbocycles. The number of hydrogen-bond acceptors (Lipinski definition) is 5. The number of carbonyl (C=O) groups is 1. The SMILES string of the molecule is COC(=O)c1cnc(NC2Cc3cccc(Cl)c3C2)nc1. The minimum atomic E-state index is -0.443. The zero-order valence-electron chi connectivity index (χ0n) is 11.5. The summed E-state index contributed by atoms with van der Waals surface area (Å²) in [4.78, 5) is 19.6. The number of nitrogens with one attached hydrogen (secondary N) is 1. The molecule has 21 heavy (non-hydrogen) atoms. The minimum absolute atomic E-state index is 0.212. The van der Waals surface area contributed by atoms with Gasteiger partial charge in [0.25, 0.3) is 0 Å². The lowest BCUT2D eigenvalue weighted by Gasteiger charge is -2.11. The van der Waals surface area contributed by atoms with Gasteiger partial charge in [-0.15, -0.1) is 0 Å². The fraction of sp³-hybridized carbons (Fsp3) is 0.267. The predicted molar refractivity (Wildman–Crippen MR) is 79.6 cm³/mol. The monoisotopic (exact) mass is 303 g/mol. The second-order valence-corrected chi connectivity index (χ2v) is 5.32. The van der Waals surface area contributed by atoms with Crippen molar-refractivity contribution in [1.29, 1.82) is 0 Å². The Morgan fingerprint density at radius 3 is 2.76 bits per heavy atom. The average Bonchev–Trinajstić information content (AvgIpc) is 2.91. The zero-order chi connectivity index (χ0) is 14.8. The Morgan fingerprint density at radius 2 is 2.10 bits per heavy atom. The van der Waals surface area contributed by atoms with E-state index >= 15 is 0 Å². The average molecular weight is 304 g/mol. The second-order valence-electron chi connectivity index (χ2n) is 4.91. The van der Waals surface area contributed by atoms with Gasteiger partial charge < -0.3 is 10.1 Å². The van der Waals surface area contributed by atoms with Crippen LogP contribution in [0, 0.1) is 0 Å². The fourth-order valence-corrected chi connectivity index (χ4v) is 2.79. The van der Waals surface area contributed by atoms with Crippen molar-refractivity contribution in [2.45, 2.75) is 18.9 Å². The van der Waals surface area contributed by atoms with Crippen molar-refractivity contribution in [3.05, 3.63) is 52.3 Å². The first-order chi connectivity index (χ1) is 10.2. The molecule has 1 atom stereocenters. The summed E-state index contributed by atoms with van der Waals surface area (Å²) in [6, 6.07) is 6.17. The summed E-state index contributed by atoms with van der Waals surface area (Å²) in [5.41, 5.74) is 2.77. The van der Waals surface area contributed by atoms with Crippen molar-refractivity contribution in [2.24, 2.45) is 0 Å². The first-order valence-corrected chi connectivity index (χ1v) is 6.98. The van der Waals surface area contributed by atoms with Crippen molar-refractivity contribution in [2.75, 3.05) is 12.4 Å². The lowest BCUT2D eigenvalue weighted by molar-refractivity contribution is 0.0600. The smallest absolute Gasteiger partial charge is 0.341 e. The van der Waals surface area contributed by atoms with Crippen LogP contribution < -0.4 is 5.32 Å². The van der Waals surface area contributed by atoms with Gasteiger partial charge in [0.05, 0.1) is 12.7 Å². The van der Waals surface area contributed by atoms with E-state index in [4.69, 9.17) is 11.6 Å². The van der Waals surface area contributed by atoms with Gasteiger partial charge in [0.1, 0.15) is 0 Å². The maximum atomic E-state index is 11.3. The number of aromatic nitrogens is 2. The lowest BCUT2D eigenvalue weighted by atomic mass is 10.1. The molecule has 1 unspecified atom stereocenters. The molecule has 0 spiro atoms. The maximum absolute atomic E-state index is 11.3. The molecule has 2 aromatic rings. The third-order valence-corrected chi connectivity index (χ3v) is 3.89. The molecule has 1 aromatic heterocycles. The van der Waals surface area contributed by atoms with E-state index in [1.165, 1.54) is 30.6 Å². The van der Waals surface area contributed by atoms with Crippen LogP contribution in [-0.2, 0) is 17.6 Å². The molecule has 108 valence electrons. The topological polar surface area (TPSA) is 64.1 Å². The third kappa shape index (κ3) is 2.83. The molecule has 1 aliphatic carbocycles. The van der Waals surface area contributed by atoms with E-state index in [1.807, 2.05) is 12.1 Å². The van der Waals surface area contributed by atoms with Crippen molar-refractivity contribution >= 4 is 23.5 Å². The van der Waals surface area contributed by atoms with Gasteiger partial charge in [0.2, 0.25) is 5.95 Å². The molecule has 5 nitrogen and oxygen atoms in total. The highest BCUT2D eigenvalue weighted by Gasteiger charge is 2.23. The number of esters is 1. The molecule has 0 aliphatic heterocycles. The summed E-state index contributed by atoms with van der Waals surface area (Å²) in [6.07, 6.45) is 4.64. The molecule has 0 fully saturated rings. The Kier molecular flexibility index (Phi) is 3.75. The molecule has 0 saturated carbocycles. The van der Waals surface area contributed by atoms with E-state index in [2.05, 4.69) is 26.1 Å². The Labute approximate surface area is 127 Å². The summed E-state index contributed by atoms with van der Waals surface area (Å²) >= 11 is 6.20. The minimum Gasteiger partial charge on any atom is -0.465 e. The van der Waals surface area contributed by atoms with E-state index in [0.29, 0.717) is 11.5 Å². The summed E-state index contributed by atoms with van der Waals surface area (Å²) in [5, 5.41) is 4.07. The second kappa shape index (κ2) is 5.69. The molecule has 1 N–H and O–H groups in total. The molecule has 6 heteroatoms. The normalized spacial score (nSPS) is 16.4.